The fraction of sp³-hybridized carbons (Fsp3) is 0.929. The molecule has 2 heterocycles. The van der Waals surface area contributed by atoms with E-state index in [-0.39, 0.29) is 0 Å². The lowest BCUT2D eigenvalue weighted by Crippen LogP contribution is -2.39. The molecule has 2 fully saturated rings. The molecule has 1 unspecified atom stereocenters. The van der Waals surface area contributed by atoms with E-state index >= 15 is 0 Å². The van der Waals surface area contributed by atoms with Gasteiger partial charge in [0.15, 0.2) is 0 Å². The third kappa shape index (κ3) is 3.95. The van der Waals surface area contributed by atoms with Crippen LogP contribution < -0.4 is 0 Å². The van der Waals surface area contributed by atoms with E-state index in [2.05, 4.69) is 0 Å². The van der Waals surface area contributed by atoms with Crippen LogP contribution in [0.5, 0.6) is 0 Å². The first-order chi connectivity index (χ1) is 8.79. The molecular formula is C14H25NO3. The Kier molecular flexibility index (Phi) is 5.45. The number of nitrogens with zero attached hydrogens (tertiary/aromatic N) is 1. The van der Waals surface area contributed by atoms with Crippen LogP contribution in [0.25, 0.3) is 0 Å². The summed E-state index contributed by atoms with van der Waals surface area (Å²) in [7, 11) is 1.75. The van der Waals surface area contributed by atoms with Gasteiger partial charge in [-0.2, -0.15) is 0 Å². The topological polar surface area (TPSA) is 38.8 Å². The van der Waals surface area contributed by atoms with E-state index in [1.54, 1.807) is 7.11 Å². The second kappa shape index (κ2) is 7.10. The van der Waals surface area contributed by atoms with Crippen molar-refractivity contribution >= 4 is 5.91 Å². The Morgan fingerprint density at radius 3 is 2.72 bits per heavy atom. The second-order valence-electron chi connectivity index (χ2n) is 5.45. The van der Waals surface area contributed by atoms with Crippen LogP contribution in [0, 0.1) is 5.92 Å². The van der Waals surface area contributed by atoms with Gasteiger partial charge in [-0.15, -0.1) is 0 Å². The van der Waals surface area contributed by atoms with Crippen LogP contribution in [0.1, 0.15) is 38.5 Å². The van der Waals surface area contributed by atoms with Gasteiger partial charge in [0.2, 0.25) is 5.91 Å². The zero-order chi connectivity index (χ0) is 12.8. The molecule has 2 aliphatic heterocycles. The number of likely N-dealkylation sites (tertiary alicyclic amines) is 1. The predicted molar refractivity (Wildman–Crippen MR) is 69.4 cm³/mol. The summed E-state index contributed by atoms with van der Waals surface area (Å²) < 4.78 is 10.7. The van der Waals surface area contributed by atoms with Crippen LogP contribution >= 0.6 is 0 Å². The average Bonchev–Trinajstić information content (AvgIpc) is 2.90. The molecule has 0 N–H and O–H groups in total. The minimum Gasteiger partial charge on any atom is -0.384 e. The molecule has 2 aliphatic rings. The van der Waals surface area contributed by atoms with Gasteiger partial charge < -0.3 is 14.4 Å². The maximum Gasteiger partial charge on any atom is 0.222 e. The minimum absolute atomic E-state index is 0.307. The highest BCUT2D eigenvalue weighted by molar-refractivity contribution is 5.76. The Hall–Kier alpha value is -0.610. The van der Waals surface area contributed by atoms with Crippen molar-refractivity contribution in [1.82, 2.24) is 4.90 Å². The molecule has 0 saturated carbocycles. The Balaban J connectivity index is 1.64. The van der Waals surface area contributed by atoms with Crippen molar-refractivity contribution in [1.29, 1.82) is 0 Å². The summed E-state index contributed by atoms with van der Waals surface area (Å²) in [5, 5.41) is 0. The van der Waals surface area contributed by atoms with E-state index < -0.39 is 0 Å². The average molecular weight is 255 g/mol. The van der Waals surface area contributed by atoms with Gasteiger partial charge in [-0.05, 0) is 38.0 Å². The lowest BCUT2D eigenvalue weighted by Gasteiger charge is -2.32. The van der Waals surface area contributed by atoms with Crippen LogP contribution in [0.3, 0.4) is 0 Å². The Morgan fingerprint density at radius 2 is 2.11 bits per heavy atom. The monoisotopic (exact) mass is 255 g/mol. The molecule has 104 valence electrons. The summed E-state index contributed by atoms with van der Waals surface area (Å²) in [5.41, 5.74) is 0. The standard InChI is InChI=1S/C14H25NO3/c1-17-11-12-6-8-15(9-7-12)14(16)5-4-13-3-2-10-18-13/h12-13H,2-11H2,1H3. The number of carbonyl (C=O) groups is 1. The summed E-state index contributed by atoms with van der Waals surface area (Å²) in [6.45, 7) is 3.51. The Bertz CT molecular complexity index is 256. The molecule has 2 saturated heterocycles. The molecule has 0 spiro atoms. The predicted octanol–water partition coefficient (Wildman–Crippen LogP) is 1.83. The lowest BCUT2D eigenvalue weighted by molar-refractivity contribution is -0.133. The van der Waals surface area contributed by atoms with Crippen LogP contribution in [0.2, 0.25) is 0 Å². The van der Waals surface area contributed by atoms with Gasteiger partial charge >= 0.3 is 0 Å². The van der Waals surface area contributed by atoms with Gasteiger partial charge in [-0.3, -0.25) is 4.79 Å². The number of ether oxygens (including phenoxy) is 2. The molecule has 0 aliphatic carbocycles. The van der Waals surface area contributed by atoms with Crippen LogP contribution in [-0.4, -0.2) is 50.3 Å². The fourth-order valence-corrected chi connectivity index (χ4v) is 2.90. The minimum atomic E-state index is 0.307. The van der Waals surface area contributed by atoms with Crippen molar-refractivity contribution in [3.8, 4) is 0 Å². The number of piperidine rings is 1. The van der Waals surface area contributed by atoms with Crippen molar-refractivity contribution in [2.75, 3.05) is 33.4 Å². The third-order valence-corrected chi connectivity index (χ3v) is 4.07. The lowest BCUT2D eigenvalue weighted by atomic mass is 9.97. The summed E-state index contributed by atoms with van der Waals surface area (Å²) in [5.74, 6) is 0.943. The van der Waals surface area contributed by atoms with Gasteiger partial charge in [0.25, 0.3) is 0 Å². The molecule has 0 aromatic carbocycles. The van der Waals surface area contributed by atoms with E-state index in [0.29, 0.717) is 24.3 Å². The number of amides is 1. The van der Waals surface area contributed by atoms with Crippen molar-refractivity contribution < 1.29 is 14.3 Å². The first-order valence-electron chi connectivity index (χ1n) is 7.18. The first-order valence-corrected chi connectivity index (χ1v) is 7.18. The Morgan fingerprint density at radius 1 is 1.33 bits per heavy atom. The highest BCUT2D eigenvalue weighted by Gasteiger charge is 2.24. The number of hydrogen-bond acceptors (Lipinski definition) is 3. The first kappa shape index (κ1) is 13.8. The van der Waals surface area contributed by atoms with E-state index in [0.717, 1.165) is 58.4 Å². The van der Waals surface area contributed by atoms with Crippen LogP contribution in [-0.2, 0) is 14.3 Å². The number of rotatable bonds is 5. The van der Waals surface area contributed by atoms with E-state index in [1.807, 2.05) is 4.90 Å². The largest absolute Gasteiger partial charge is 0.384 e. The SMILES string of the molecule is COCC1CCN(C(=O)CCC2CCCO2)CC1. The van der Waals surface area contributed by atoms with Crippen LogP contribution in [0.4, 0.5) is 0 Å². The van der Waals surface area contributed by atoms with Crippen molar-refractivity contribution in [2.24, 2.45) is 5.92 Å². The Labute approximate surface area is 110 Å². The van der Waals surface area contributed by atoms with Gasteiger partial charge in [0.1, 0.15) is 0 Å². The molecule has 2 rings (SSSR count). The number of carbonyl (C=O) groups excluding carboxylic acids is 1. The maximum absolute atomic E-state index is 12.1. The third-order valence-electron chi connectivity index (χ3n) is 4.07. The van der Waals surface area contributed by atoms with Crippen molar-refractivity contribution in [3.63, 3.8) is 0 Å². The van der Waals surface area contributed by atoms with Gasteiger partial charge in [0.05, 0.1) is 6.10 Å². The van der Waals surface area contributed by atoms with Gasteiger partial charge in [0, 0.05) is 39.8 Å². The molecule has 4 nitrogen and oxygen atoms in total. The maximum atomic E-state index is 12.1. The quantitative estimate of drug-likeness (QED) is 0.752. The van der Waals surface area contributed by atoms with Crippen molar-refractivity contribution in [3.05, 3.63) is 0 Å². The van der Waals surface area contributed by atoms with E-state index in [9.17, 15) is 4.79 Å². The second-order valence-corrected chi connectivity index (χ2v) is 5.45. The molecule has 0 aromatic rings. The molecule has 0 radical (unpaired) electrons. The number of hydrogen-bond donors (Lipinski definition) is 0. The van der Waals surface area contributed by atoms with E-state index in [1.165, 1.54) is 0 Å². The summed E-state index contributed by atoms with van der Waals surface area (Å²) in [6, 6.07) is 0. The normalized spacial score (nSPS) is 25.6. The fourth-order valence-electron chi connectivity index (χ4n) is 2.90. The zero-order valence-electron chi connectivity index (χ0n) is 11.4. The smallest absolute Gasteiger partial charge is 0.222 e. The van der Waals surface area contributed by atoms with E-state index in [4.69, 9.17) is 9.47 Å². The van der Waals surface area contributed by atoms with Crippen molar-refractivity contribution in [2.45, 2.75) is 44.6 Å². The molecule has 1 amide bonds. The summed E-state index contributed by atoms with van der Waals surface area (Å²) in [4.78, 5) is 14.1. The molecule has 0 bridgehead atoms. The number of methoxy groups -OCH3 is 1. The summed E-state index contributed by atoms with van der Waals surface area (Å²) >= 11 is 0. The molecule has 4 heteroatoms. The van der Waals surface area contributed by atoms with Gasteiger partial charge in [-0.25, -0.2) is 0 Å². The highest BCUT2D eigenvalue weighted by Crippen LogP contribution is 2.20. The summed E-state index contributed by atoms with van der Waals surface area (Å²) in [6.07, 6.45) is 6.33. The highest BCUT2D eigenvalue weighted by atomic mass is 16.5. The molecule has 18 heavy (non-hydrogen) atoms. The molecule has 0 aromatic heterocycles. The molecule has 1 atom stereocenters. The van der Waals surface area contributed by atoms with Gasteiger partial charge in [-0.1, -0.05) is 0 Å². The van der Waals surface area contributed by atoms with Crippen LogP contribution in [0.15, 0.2) is 0 Å². The zero-order valence-corrected chi connectivity index (χ0v) is 11.4. The molecular weight excluding hydrogens is 230 g/mol.